The second kappa shape index (κ2) is 20.8. The average molecular weight is 922 g/mol. The minimum absolute atomic E-state index is 0.135. The number of rotatable bonds is 15. The summed E-state index contributed by atoms with van der Waals surface area (Å²) in [5, 5.41) is 14.9. The van der Waals surface area contributed by atoms with Gasteiger partial charge in [0.1, 0.15) is 17.7 Å². The van der Waals surface area contributed by atoms with Crippen LogP contribution in [-0.4, -0.2) is 119 Å². The van der Waals surface area contributed by atoms with Gasteiger partial charge in [0.05, 0.1) is 36.0 Å². The number of anilines is 1. The lowest BCUT2D eigenvalue weighted by molar-refractivity contribution is -0.148. The van der Waals surface area contributed by atoms with E-state index < -0.39 is 41.1 Å². The molecule has 7 rings (SSSR count). The monoisotopic (exact) mass is 922 g/mol. The summed E-state index contributed by atoms with van der Waals surface area (Å²) in [6, 6.07) is 15.3. The smallest absolute Gasteiger partial charge is 0.408 e. The Morgan fingerprint density at radius 3 is 2.45 bits per heavy atom. The molecule has 3 saturated heterocycles. The van der Waals surface area contributed by atoms with Gasteiger partial charge in [-0.3, -0.25) is 29.3 Å². The van der Waals surface area contributed by atoms with Gasteiger partial charge in [-0.1, -0.05) is 50.6 Å². The zero-order valence-electron chi connectivity index (χ0n) is 40.9. The molecule has 67 heavy (non-hydrogen) atoms. The van der Waals surface area contributed by atoms with Crippen LogP contribution in [0.15, 0.2) is 54.7 Å². The minimum atomic E-state index is -1.04. The van der Waals surface area contributed by atoms with E-state index in [1.54, 1.807) is 27.9 Å². The van der Waals surface area contributed by atoms with E-state index in [0.717, 1.165) is 75.4 Å². The van der Waals surface area contributed by atoms with E-state index in [2.05, 4.69) is 70.1 Å². The molecule has 0 bridgehead atoms. The van der Waals surface area contributed by atoms with E-state index >= 15 is 0 Å². The Bertz CT molecular complexity index is 2440. The molecule has 0 aliphatic carbocycles. The number of fused-ring (bicyclic) bond motifs is 2. The van der Waals surface area contributed by atoms with Crippen LogP contribution >= 0.6 is 0 Å². The number of hydrogen-bond donors (Lipinski definition) is 3. The molecule has 4 aromatic rings. The van der Waals surface area contributed by atoms with Crippen LogP contribution < -0.4 is 15.6 Å². The van der Waals surface area contributed by atoms with Gasteiger partial charge in [0.2, 0.25) is 0 Å². The number of alkyl carbamates (subject to hydrolysis) is 1. The van der Waals surface area contributed by atoms with Gasteiger partial charge in [0.25, 0.3) is 5.91 Å². The van der Waals surface area contributed by atoms with Crippen molar-refractivity contribution in [3.63, 3.8) is 0 Å². The van der Waals surface area contributed by atoms with Crippen LogP contribution in [0.25, 0.3) is 33.3 Å². The summed E-state index contributed by atoms with van der Waals surface area (Å²) in [6.45, 7) is 20.5. The molecule has 3 unspecified atom stereocenters. The molecular weight excluding hydrogens is 851 g/mol. The van der Waals surface area contributed by atoms with Crippen LogP contribution in [0.4, 0.5) is 10.5 Å². The third kappa shape index (κ3) is 11.8. The van der Waals surface area contributed by atoms with Crippen LogP contribution in [-0.2, 0) is 48.0 Å². The first-order valence-electron chi connectivity index (χ1n) is 24.0. The number of hydrogen-bond acceptors (Lipinski definition) is 11. The summed E-state index contributed by atoms with van der Waals surface area (Å²) in [4.78, 5) is 61.6. The summed E-state index contributed by atoms with van der Waals surface area (Å²) in [7, 11) is 1.72. The number of pyridine rings is 1. The Morgan fingerprint density at radius 2 is 1.73 bits per heavy atom. The molecule has 0 spiro atoms. The van der Waals surface area contributed by atoms with E-state index in [9.17, 15) is 24.3 Å². The minimum Gasteiger partial charge on any atom is -0.480 e. The summed E-state index contributed by atoms with van der Waals surface area (Å²) < 4.78 is 19.6. The lowest BCUT2D eigenvalue weighted by Crippen LogP contribution is -2.60. The number of methoxy groups -OCH3 is 1. The Hall–Kier alpha value is -5.51. The van der Waals surface area contributed by atoms with Gasteiger partial charge in [-0.25, -0.2) is 10.2 Å². The van der Waals surface area contributed by atoms with Gasteiger partial charge >= 0.3 is 18.0 Å². The van der Waals surface area contributed by atoms with Crippen molar-refractivity contribution < 1.29 is 38.5 Å². The van der Waals surface area contributed by atoms with Gasteiger partial charge in [0, 0.05) is 81.1 Å². The highest BCUT2D eigenvalue weighted by Crippen LogP contribution is 2.43. The maximum Gasteiger partial charge on any atom is 0.408 e. The maximum atomic E-state index is 14.1. The highest BCUT2D eigenvalue weighted by atomic mass is 16.6. The lowest BCUT2D eigenvalue weighted by atomic mass is 9.84. The molecule has 362 valence electrons. The van der Waals surface area contributed by atoms with Crippen molar-refractivity contribution in [2.45, 2.75) is 137 Å². The average Bonchev–Trinajstić information content (AvgIpc) is 3.60. The number of carbonyl (C=O) groups is 4. The van der Waals surface area contributed by atoms with Crippen LogP contribution in [0.1, 0.15) is 110 Å². The standard InChI is InChI=1S/C52H71N7O8/c1-10-58-45-20-19-37(36-16-13-15-35(25-36)26-44(54-50(64)67-51(4,5)6)48(61)59-22-14-18-43(55-59)49(62)63)27-40(45)42(29-52(7,8)32-66-34(3)60)47(58)41-28-39(30-53-46(41)33(2)65-9)57-24-23-56-21-12-11-17-38(56)31-57/h13,15-16,19-20,25,27-28,30,33,38,43-44,55H,10-12,14,17-18,21-24,26,29,31-32H2,1-9H3,(H,54,64)(H,62,63)/t33-,38?,43?,44?/m0/s1. The molecule has 3 aliphatic heterocycles. The van der Waals surface area contributed by atoms with Gasteiger partial charge in [-0.2, -0.15) is 0 Å². The van der Waals surface area contributed by atoms with Crippen LogP contribution in [0, 0.1) is 5.41 Å². The largest absolute Gasteiger partial charge is 0.480 e. The predicted molar refractivity (Wildman–Crippen MR) is 260 cm³/mol. The predicted octanol–water partition coefficient (Wildman–Crippen LogP) is 7.92. The number of nitrogens with zero attached hydrogens (tertiary/aromatic N) is 5. The van der Waals surface area contributed by atoms with Gasteiger partial charge in [0.15, 0.2) is 0 Å². The number of benzene rings is 2. The van der Waals surface area contributed by atoms with Crippen molar-refractivity contribution in [3.05, 3.63) is 71.5 Å². The third-order valence-electron chi connectivity index (χ3n) is 13.3. The molecule has 3 fully saturated rings. The number of piperidine rings is 1. The maximum absolute atomic E-state index is 14.1. The number of carboxylic acid groups (broad SMARTS) is 1. The van der Waals surface area contributed by atoms with E-state index in [4.69, 9.17) is 19.2 Å². The number of esters is 1. The summed E-state index contributed by atoms with van der Waals surface area (Å²) in [5.41, 5.74) is 10.5. The number of nitrogens with one attached hydrogen (secondary N) is 2. The molecule has 4 atom stereocenters. The molecule has 15 nitrogen and oxygen atoms in total. The Balaban J connectivity index is 1.31. The number of aliphatic carboxylic acids is 1. The Morgan fingerprint density at radius 1 is 0.955 bits per heavy atom. The first-order chi connectivity index (χ1) is 31.8. The molecule has 2 amide bonds. The SMILES string of the molecule is CCn1c(-c2cc(N3CCN4CCCCC4C3)cnc2[C@H](C)OC)c(CC(C)(C)COC(C)=O)c2cc(-c3cccc(CC(NC(=O)OC(C)(C)C)C(=O)N4CCCC(C(=O)O)N4)c3)ccc21. The zero-order valence-corrected chi connectivity index (χ0v) is 40.9. The van der Waals surface area contributed by atoms with Crippen molar-refractivity contribution in [2.75, 3.05) is 51.3 Å². The number of piperazine rings is 1. The fraction of sp³-hybridized carbons (Fsp3) is 0.558. The molecular formula is C52H71N7O8. The van der Waals surface area contributed by atoms with Crippen molar-refractivity contribution in [3.8, 4) is 22.4 Å². The second-order valence-electron chi connectivity index (χ2n) is 20.3. The Labute approximate surface area is 395 Å². The topological polar surface area (TPSA) is 168 Å². The summed E-state index contributed by atoms with van der Waals surface area (Å²) in [5.74, 6) is -1.81. The molecule has 3 N–H and O–H groups in total. The van der Waals surface area contributed by atoms with Crippen LogP contribution in [0.2, 0.25) is 0 Å². The van der Waals surface area contributed by atoms with Gasteiger partial charge in [-0.05, 0) is 114 Å². The molecule has 0 radical (unpaired) electrons. The lowest BCUT2D eigenvalue weighted by Gasteiger charge is -2.45. The van der Waals surface area contributed by atoms with Gasteiger partial charge in [-0.15, -0.1) is 0 Å². The van der Waals surface area contributed by atoms with E-state index in [1.807, 2.05) is 37.4 Å². The Kier molecular flexibility index (Phi) is 15.3. The first kappa shape index (κ1) is 49.4. The van der Waals surface area contributed by atoms with E-state index in [1.165, 1.54) is 37.7 Å². The number of hydrazine groups is 1. The number of carbonyl (C=O) groups excluding carboxylic acids is 3. The number of aryl methyl sites for hydroxylation is 1. The summed E-state index contributed by atoms with van der Waals surface area (Å²) in [6.07, 6.45) is 6.34. The third-order valence-corrected chi connectivity index (χ3v) is 13.3. The molecule has 0 saturated carbocycles. The summed E-state index contributed by atoms with van der Waals surface area (Å²) >= 11 is 0. The highest BCUT2D eigenvalue weighted by Gasteiger charge is 2.35. The van der Waals surface area contributed by atoms with Gasteiger partial charge < -0.3 is 34.1 Å². The molecule has 15 heteroatoms. The highest BCUT2D eigenvalue weighted by molar-refractivity contribution is 5.96. The molecule has 2 aromatic carbocycles. The molecule has 2 aromatic heterocycles. The quantitative estimate of drug-likeness (QED) is 0.0988. The van der Waals surface area contributed by atoms with Crippen molar-refractivity contribution in [1.29, 1.82) is 0 Å². The zero-order chi connectivity index (χ0) is 48.2. The van der Waals surface area contributed by atoms with E-state index in [0.29, 0.717) is 38.4 Å². The fourth-order valence-corrected chi connectivity index (χ4v) is 9.97. The molecule has 3 aliphatic rings. The van der Waals surface area contributed by atoms with E-state index in [-0.39, 0.29) is 25.1 Å². The fourth-order valence-electron chi connectivity index (χ4n) is 9.97. The van der Waals surface area contributed by atoms with Crippen molar-refractivity contribution in [1.82, 2.24) is 30.2 Å². The normalized spacial score (nSPS) is 19.1. The number of carboxylic acids is 1. The van der Waals surface area contributed by atoms with Crippen LogP contribution in [0.5, 0.6) is 0 Å². The number of ether oxygens (including phenoxy) is 3. The first-order valence-corrected chi connectivity index (χ1v) is 24.0. The van der Waals surface area contributed by atoms with Crippen molar-refractivity contribution in [2.24, 2.45) is 5.41 Å². The number of aromatic nitrogens is 2. The second-order valence-corrected chi connectivity index (χ2v) is 20.3. The number of amides is 2. The molecule has 5 heterocycles. The van der Waals surface area contributed by atoms with Crippen LogP contribution in [0.3, 0.4) is 0 Å². The van der Waals surface area contributed by atoms with Crippen molar-refractivity contribution >= 4 is 40.5 Å².